The second kappa shape index (κ2) is 5.60. The second-order valence-corrected chi connectivity index (χ2v) is 7.21. The van der Waals surface area contributed by atoms with E-state index in [2.05, 4.69) is 86.9 Å². The molecule has 0 amide bonds. The lowest BCUT2D eigenvalue weighted by molar-refractivity contribution is 0.390. The van der Waals surface area contributed by atoms with Gasteiger partial charge in [-0.3, -0.25) is 0 Å². The van der Waals surface area contributed by atoms with Gasteiger partial charge in [-0.05, 0) is 30.0 Å². The van der Waals surface area contributed by atoms with Crippen molar-refractivity contribution in [1.29, 1.82) is 0 Å². The number of aromatic nitrogens is 2. The zero-order chi connectivity index (χ0) is 15.7. The number of benzene rings is 2. The summed E-state index contributed by atoms with van der Waals surface area (Å²) in [6, 6.07) is 19.4. The highest BCUT2D eigenvalue weighted by Gasteiger charge is 2.21. The molecule has 22 heavy (non-hydrogen) atoms. The van der Waals surface area contributed by atoms with Crippen LogP contribution >= 0.6 is 0 Å². The molecule has 3 aromatic rings. The van der Waals surface area contributed by atoms with Gasteiger partial charge in [0.2, 0.25) is 0 Å². The largest absolute Gasteiger partial charge is 0.321 e. The average Bonchev–Trinajstić information content (AvgIpc) is 2.83. The van der Waals surface area contributed by atoms with Crippen LogP contribution in [-0.4, -0.2) is 9.55 Å². The Labute approximate surface area is 132 Å². The predicted octanol–water partition coefficient (Wildman–Crippen LogP) is 5.23. The molecule has 0 fully saturated rings. The molecule has 1 heterocycles. The van der Waals surface area contributed by atoms with E-state index in [1.165, 1.54) is 16.9 Å². The van der Waals surface area contributed by atoms with Crippen LogP contribution in [0.2, 0.25) is 0 Å². The van der Waals surface area contributed by atoms with Crippen LogP contribution < -0.4 is 0 Å². The summed E-state index contributed by atoms with van der Waals surface area (Å²) in [7, 11) is 0. The Hall–Kier alpha value is -2.09. The van der Waals surface area contributed by atoms with Gasteiger partial charge in [-0.15, -0.1) is 0 Å². The summed E-state index contributed by atoms with van der Waals surface area (Å²) >= 11 is 0. The van der Waals surface area contributed by atoms with Gasteiger partial charge in [0.1, 0.15) is 5.82 Å². The summed E-state index contributed by atoms with van der Waals surface area (Å²) in [6.45, 7) is 9.06. The van der Waals surface area contributed by atoms with Crippen molar-refractivity contribution in [1.82, 2.24) is 9.55 Å². The molecule has 0 saturated carbocycles. The Balaban J connectivity index is 2.15. The van der Waals surface area contributed by atoms with E-state index in [9.17, 15) is 0 Å². The van der Waals surface area contributed by atoms with E-state index in [4.69, 9.17) is 4.98 Å². The summed E-state index contributed by atoms with van der Waals surface area (Å²) in [6.07, 6.45) is 0.971. The van der Waals surface area contributed by atoms with Gasteiger partial charge in [0.25, 0.3) is 0 Å². The Kier molecular flexibility index (Phi) is 3.78. The summed E-state index contributed by atoms with van der Waals surface area (Å²) in [5, 5.41) is 0. The third kappa shape index (κ3) is 2.92. The maximum atomic E-state index is 4.91. The number of para-hydroxylation sites is 2. The summed E-state index contributed by atoms with van der Waals surface area (Å²) in [4.78, 5) is 4.91. The summed E-state index contributed by atoms with van der Waals surface area (Å²) < 4.78 is 2.40. The summed E-state index contributed by atoms with van der Waals surface area (Å²) in [5.41, 5.74) is 3.85. The first-order valence-electron chi connectivity index (χ1n) is 7.96. The van der Waals surface area contributed by atoms with Crippen molar-refractivity contribution in [3.8, 4) is 0 Å². The molecule has 0 radical (unpaired) electrons. The van der Waals surface area contributed by atoms with Crippen LogP contribution in [0.25, 0.3) is 11.0 Å². The van der Waals surface area contributed by atoms with Crippen LogP contribution in [-0.2, 0) is 6.42 Å². The first-order valence-corrected chi connectivity index (χ1v) is 7.96. The highest BCUT2D eigenvalue weighted by atomic mass is 15.1. The zero-order valence-corrected chi connectivity index (χ0v) is 13.9. The molecule has 0 N–H and O–H groups in total. The highest BCUT2D eigenvalue weighted by molar-refractivity contribution is 5.76. The molecule has 2 nitrogen and oxygen atoms in total. The van der Waals surface area contributed by atoms with Crippen molar-refractivity contribution in [2.45, 2.75) is 40.2 Å². The average molecular weight is 292 g/mol. The molecule has 1 aromatic heterocycles. The molecule has 3 rings (SSSR count). The predicted molar refractivity (Wildman–Crippen MR) is 93.1 cm³/mol. The van der Waals surface area contributed by atoms with Crippen LogP contribution in [0.4, 0.5) is 0 Å². The van der Waals surface area contributed by atoms with Gasteiger partial charge >= 0.3 is 0 Å². The fourth-order valence-corrected chi connectivity index (χ4v) is 3.01. The number of imidazole rings is 1. The van der Waals surface area contributed by atoms with Gasteiger partial charge in [0, 0.05) is 6.42 Å². The third-order valence-electron chi connectivity index (χ3n) is 4.03. The van der Waals surface area contributed by atoms with Crippen LogP contribution in [0.5, 0.6) is 0 Å². The zero-order valence-electron chi connectivity index (χ0n) is 13.9. The molecule has 0 unspecified atom stereocenters. The van der Waals surface area contributed by atoms with Gasteiger partial charge in [-0.25, -0.2) is 4.98 Å². The molecule has 114 valence electrons. The van der Waals surface area contributed by atoms with Crippen molar-refractivity contribution in [2.24, 2.45) is 5.41 Å². The minimum Gasteiger partial charge on any atom is -0.321 e. The minimum absolute atomic E-state index is 0.218. The normalized spacial score (nSPS) is 13.5. The number of nitrogens with zero attached hydrogens (tertiary/aromatic N) is 2. The van der Waals surface area contributed by atoms with E-state index in [0.29, 0.717) is 0 Å². The monoisotopic (exact) mass is 292 g/mol. The maximum Gasteiger partial charge on any atom is 0.110 e. The van der Waals surface area contributed by atoms with Crippen LogP contribution in [0.3, 0.4) is 0 Å². The fraction of sp³-hybridized carbons (Fsp3) is 0.350. The number of rotatable bonds is 3. The molecular weight excluding hydrogens is 268 g/mol. The molecule has 0 aliphatic rings. The molecule has 0 spiro atoms. The lowest BCUT2D eigenvalue weighted by Gasteiger charge is -2.22. The van der Waals surface area contributed by atoms with E-state index in [1.807, 2.05) is 0 Å². The van der Waals surface area contributed by atoms with Gasteiger partial charge in [-0.2, -0.15) is 0 Å². The molecule has 0 aliphatic carbocycles. The first-order chi connectivity index (χ1) is 10.5. The maximum absolute atomic E-state index is 4.91. The molecule has 2 aromatic carbocycles. The number of hydrogen-bond donors (Lipinski definition) is 0. The van der Waals surface area contributed by atoms with Crippen LogP contribution in [0, 0.1) is 5.41 Å². The molecule has 0 aliphatic heterocycles. The van der Waals surface area contributed by atoms with Crippen molar-refractivity contribution in [3.63, 3.8) is 0 Å². The molecule has 0 bridgehead atoms. The van der Waals surface area contributed by atoms with Gasteiger partial charge in [0.15, 0.2) is 0 Å². The highest BCUT2D eigenvalue weighted by Crippen LogP contribution is 2.29. The summed E-state index contributed by atoms with van der Waals surface area (Å²) in [5.74, 6) is 1.17. The van der Waals surface area contributed by atoms with E-state index in [1.54, 1.807) is 0 Å². The third-order valence-corrected chi connectivity index (χ3v) is 4.03. The minimum atomic E-state index is 0.218. The first kappa shape index (κ1) is 14.8. The quantitative estimate of drug-likeness (QED) is 0.646. The topological polar surface area (TPSA) is 17.8 Å². The van der Waals surface area contributed by atoms with Gasteiger partial charge < -0.3 is 4.57 Å². The lowest BCUT2D eigenvalue weighted by atomic mass is 9.91. The number of fused-ring (bicyclic) bond motifs is 1. The number of hydrogen-bond acceptors (Lipinski definition) is 1. The van der Waals surface area contributed by atoms with E-state index >= 15 is 0 Å². The van der Waals surface area contributed by atoms with Crippen molar-refractivity contribution in [2.75, 3.05) is 0 Å². The van der Waals surface area contributed by atoms with Crippen LogP contribution in [0.15, 0.2) is 54.6 Å². The molecular formula is C20H24N2. The van der Waals surface area contributed by atoms with Crippen molar-refractivity contribution < 1.29 is 0 Å². The molecule has 2 heteroatoms. The van der Waals surface area contributed by atoms with Gasteiger partial charge in [0.05, 0.1) is 17.1 Å². The Morgan fingerprint density at radius 1 is 0.955 bits per heavy atom. The Morgan fingerprint density at radius 2 is 1.59 bits per heavy atom. The van der Waals surface area contributed by atoms with Crippen LogP contribution in [0.1, 0.15) is 45.1 Å². The smallest absolute Gasteiger partial charge is 0.110 e. The molecule has 0 saturated heterocycles. The van der Waals surface area contributed by atoms with Gasteiger partial charge in [-0.1, -0.05) is 63.2 Å². The van der Waals surface area contributed by atoms with Crippen molar-refractivity contribution in [3.05, 3.63) is 66.0 Å². The van der Waals surface area contributed by atoms with E-state index in [0.717, 1.165) is 11.9 Å². The molecule has 1 atom stereocenters. The van der Waals surface area contributed by atoms with E-state index < -0.39 is 0 Å². The SMILES string of the molecule is C[C@H](c1ccccc1)n1c(CC(C)(C)C)nc2ccccc21. The Bertz CT molecular complexity index is 763. The van der Waals surface area contributed by atoms with E-state index in [-0.39, 0.29) is 11.5 Å². The Morgan fingerprint density at radius 3 is 2.27 bits per heavy atom. The fourth-order valence-electron chi connectivity index (χ4n) is 3.01. The lowest BCUT2D eigenvalue weighted by Crippen LogP contribution is -2.17. The van der Waals surface area contributed by atoms with Crippen molar-refractivity contribution >= 4 is 11.0 Å². The second-order valence-electron chi connectivity index (χ2n) is 7.21. The standard InChI is InChI=1S/C20H24N2/c1-15(16-10-6-5-7-11-16)22-18-13-9-8-12-17(18)21-19(22)14-20(2,3)4/h5-13,15H,14H2,1-4H3/t15-/m1/s1.